The molecule has 1 atom stereocenters. The maximum Gasteiger partial charge on any atom is 0.304 e. The number of amides is 1. The lowest BCUT2D eigenvalue weighted by atomic mass is 10.0. The highest BCUT2D eigenvalue weighted by molar-refractivity contribution is 8.14. The molecule has 0 fully saturated rings. The number of carbonyl (C=O) groups is 2. The lowest BCUT2D eigenvalue weighted by Gasteiger charge is -2.21. The molecular formula is C21H25NO3S. The Hall–Kier alpha value is -2.27. The van der Waals surface area contributed by atoms with Crippen molar-refractivity contribution in [2.75, 3.05) is 13.1 Å². The summed E-state index contributed by atoms with van der Waals surface area (Å²) in [4.78, 5) is 25.2. The predicted molar refractivity (Wildman–Crippen MR) is 108 cm³/mol. The van der Waals surface area contributed by atoms with E-state index in [0.717, 1.165) is 28.5 Å². The van der Waals surface area contributed by atoms with E-state index < -0.39 is 5.97 Å². The average molecular weight is 372 g/mol. The minimum Gasteiger partial charge on any atom is -0.481 e. The maximum atomic E-state index is 12.3. The van der Waals surface area contributed by atoms with Gasteiger partial charge in [0.05, 0.1) is 6.42 Å². The molecule has 0 aliphatic carbocycles. The van der Waals surface area contributed by atoms with Gasteiger partial charge < -0.3 is 10.0 Å². The van der Waals surface area contributed by atoms with Crippen molar-refractivity contribution in [1.82, 2.24) is 4.90 Å². The van der Waals surface area contributed by atoms with Crippen LogP contribution in [0.5, 0.6) is 0 Å². The average Bonchev–Trinajstić information content (AvgIpc) is 2.63. The first-order valence-corrected chi connectivity index (χ1v) is 9.73. The Morgan fingerprint density at radius 1 is 0.962 bits per heavy atom. The quantitative estimate of drug-likeness (QED) is 0.714. The molecule has 26 heavy (non-hydrogen) atoms. The molecule has 2 rings (SSSR count). The van der Waals surface area contributed by atoms with Crippen molar-refractivity contribution in [2.45, 2.75) is 31.9 Å². The van der Waals surface area contributed by atoms with Gasteiger partial charge in [-0.1, -0.05) is 66.4 Å². The molecule has 1 N–H and O–H groups in total. The summed E-state index contributed by atoms with van der Waals surface area (Å²) in [6, 6.07) is 18.2. The van der Waals surface area contributed by atoms with Crippen molar-refractivity contribution in [3.05, 3.63) is 60.2 Å². The Morgan fingerprint density at radius 3 is 2.08 bits per heavy atom. The summed E-state index contributed by atoms with van der Waals surface area (Å²) in [5, 5.41) is 8.85. The van der Waals surface area contributed by atoms with Gasteiger partial charge in [0.25, 0.3) is 5.24 Å². The lowest BCUT2D eigenvalue weighted by molar-refractivity contribution is -0.136. The van der Waals surface area contributed by atoms with Gasteiger partial charge in [-0.3, -0.25) is 9.59 Å². The molecule has 4 nitrogen and oxygen atoms in total. The fourth-order valence-corrected chi connectivity index (χ4v) is 3.97. The fraction of sp³-hybridized carbons (Fsp3) is 0.333. The van der Waals surface area contributed by atoms with E-state index in [1.165, 1.54) is 0 Å². The SMILES string of the molecule is CCN(CC)C(=O)SC(CC(=O)O)Cc1ccc(-c2ccccc2)cc1. The number of benzene rings is 2. The summed E-state index contributed by atoms with van der Waals surface area (Å²) in [5.41, 5.74) is 3.30. The second-order valence-electron chi connectivity index (χ2n) is 6.04. The molecule has 0 spiro atoms. The van der Waals surface area contributed by atoms with Gasteiger partial charge in [-0.15, -0.1) is 0 Å². The molecule has 1 amide bonds. The van der Waals surface area contributed by atoms with E-state index in [0.29, 0.717) is 19.5 Å². The first-order valence-electron chi connectivity index (χ1n) is 8.85. The van der Waals surface area contributed by atoms with Crippen molar-refractivity contribution in [1.29, 1.82) is 0 Å². The molecule has 5 heteroatoms. The predicted octanol–water partition coefficient (Wildman–Crippen LogP) is 4.93. The van der Waals surface area contributed by atoms with Crippen LogP contribution in [0.2, 0.25) is 0 Å². The standard InChI is InChI=1S/C21H25NO3S/c1-3-22(4-2)21(25)26-19(15-20(23)24)14-16-10-12-18(13-11-16)17-8-6-5-7-9-17/h5-13,19H,3-4,14-15H2,1-2H3,(H,23,24). The van der Waals surface area contributed by atoms with Gasteiger partial charge in [-0.25, -0.2) is 0 Å². The van der Waals surface area contributed by atoms with Gasteiger partial charge in [0.2, 0.25) is 0 Å². The van der Waals surface area contributed by atoms with Crippen molar-refractivity contribution in [3.8, 4) is 11.1 Å². The van der Waals surface area contributed by atoms with E-state index in [4.69, 9.17) is 0 Å². The Kier molecular flexibility index (Phi) is 7.73. The zero-order chi connectivity index (χ0) is 18.9. The topological polar surface area (TPSA) is 57.6 Å². The Bertz CT molecular complexity index is 712. The van der Waals surface area contributed by atoms with Gasteiger partial charge in [0.1, 0.15) is 0 Å². The molecule has 0 saturated carbocycles. The van der Waals surface area contributed by atoms with Crippen molar-refractivity contribution in [3.63, 3.8) is 0 Å². The van der Waals surface area contributed by atoms with E-state index in [1.807, 2.05) is 56.3 Å². The zero-order valence-corrected chi connectivity index (χ0v) is 16.0. The number of carboxylic acid groups (broad SMARTS) is 1. The molecule has 0 aliphatic heterocycles. The number of rotatable bonds is 8. The number of hydrogen-bond donors (Lipinski definition) is 1. The monoisotopic (exact) mass is 371 g/mol. The van der Waals surface area contributed by atoms with E-state index >= 15 is 0 Å². The number of carbonyl (C=O) groups excluding carboxylic acids is 1. The van der Waals surface area contributed by atoms with Crippen LogP contribution in [-0.4, -0.2) is 39.6 Å². The minimum absolute atomic E-state index is 0.0297. The molecule has 2 aromatic rings. The van der Waals surface area contributed by atoms with E-state index in [1.54, 1.807) is 4.90 Å². The molecule has 0 radical (unpaired) electrons. The van der Waals surface area contributed by atoms with Crippen LogP contribution in [0.4, 0.5) is 4.79 Å². The van der Waals surface area contributed by atoms with E-state index in [-0.39, 0.29) is 16.9 Å². The highest BCUT2D eigenvalue weighted by Crippen LogP contribution is 2.25. The van der Waals surface area contributed by atoms with Crippen LogP contribution in [-0.2, 0) is 11.2 Å². The molecule has 1 unspecified atom stereocenters. The van der Waals surface area contributed by atoms with Crippen LogP contribution in [0, 0.1) is 0 Å². The number of hydrogen-bond acceptors (Lipinski definition) is 3. The Morgan fingerprint density at radius 2 is 1.54 bits per heavy atom. The largest absolute Gasteiger partial charge is 0.481 e. The third-order valence-corrected chi connectivity index (χ3v) is 5.34. The number of thioether (sulfide) groups is 1. The number of nitrogens with zero attached hydrogens (tertiary/aromatic N) is 1. The second-order valence-corrected chi connectivity index (χ2v) is 7.29. The third kappa shape index (κ3) is 5.92. The molecule has 0 saturated heterocycles. The first-order chi connectivity index (χ1) is 12.5. The fourth-order valence-electron chi connectivity index (χ4n) is 2.78. The van der Waals surface area contributed by atoms with Gasteiger partial charge in [-0.2, -0.15) is 0 Å². The second kappa shape index (κ2) is 10.0. The highest BCUT2D eigenvalue weighted by Gasteiger charge is 2.21. The summed E-state index contributed by atoms with van der Waals surface area (Å²) in [6.45, 7) is 5.12. The van der Waals surface area contributed by atoms with Crippen LogP contribution in [0.15, 0.2) is 54.6 Å². The summed E-state index contributed by atoms with van der Waals surface area (Å²) < 4.78 is 0. The zero-order valence-electron chi connectivity index (χ0n) is 15.2. The van der Waals surface area contributed by atoms with Gasteiger partial charge in [0, 0.05) is 18.3 Å². The van der Waals surface area contributed by atoms with Crippen LogP contribution in [0.1, 0.15) is 25.8 Å². The number of carboxylic acids is 1. The van der Waals surface area contributed by atoms with Gasteiger partial charge in [0.15, 0.2) is 0 Å². The molecule has 0 aromatic heterocycles. The van der Waals surface area contributed by atoms with Gasteiger partial charge in [-0.05, 0) is 37.0 Å². The summed E-state index contributed by atoms with van der Waals surface area (Å²) in [7, 11) is 0. The molecule has 0 heterocycles. The molecule has 0 aliphatic rings. The third-order valence-electron chi connectivity index (χ3n) is 4.22. The van der Waals surface area contributed by atoms with E-state index in [2.05, 4.69) is 12.1 Å². The van der Waals surface area contributed by atoms with Crippen LogP contribution in [0.25, 0.3) is 11.1 Å². The summed E-state index contributed by atoms with van der Waals surface area (Å²) in [6.07, 6.45) is 0.525. The van der Waals surface area contributed by atoms with Crippen LogP contribution in [0.3, 0.4) is 0 Å². The van der Waals surface area contributed by atoms with Crippen LogP contribution < -0.4 is 0 Å². The molecular weight excluding hydrogens is 346 g/mol. The molecule has 2 aromatic carbocycles. The minimum atomic E-state index is -0.879. The lowest BCUT2D eigenvalue weighted by Crippen LogP contribution is -2.29. The van der Waals surface area contributed by atoms with Crippen molar-refractivity contribution < 1.29 is 14.7 Å². The van der Waals surface area contributed by atoms with Crippen molar-refractivity contribution in [2.24, 2.45) is 0 Å². The molecule has 138 valence electrons. The highest BCUT2D eigenvalue weighted by atomic mass is 32.2. The smallest absolute Gasteiger partial charge is 0.304 e. The van der Waals surface area contributed by atoms with E-state index in [9.17, 15) is 14.7 Å². The maximum absolute atomic E-state index is 12.3. The van der Waals surface area contributed by atoms with Crippen LogP contribution >= 0.6 is 11.8 Å². The molecule has 0 bridgehead atoms. The summed E-state index contributed by atoms with van der Waals surface area (Å²) >= 11 is 1.13. The Balaban J connectivity index is 2.07. The Labute approximate surface area is 159 Å². The normalized spacial score (nSPS) is 11.8. The van der Waals surface area contributed by atoms with Crippen molar-refractivity contribution >= 4 is 23.0 Å². The number of aliphatic carboxylic acids is 1. The van der Waals surface area contributed by atoms with Gasteiger partial charge >= 0.3 is 5.97 Å². The first kappa shape index (κ1) is 20.0. The summed E-state index contributed by atoms with van der Waals surface area (Å²) in [5.74, 6) is -0.879.